The number of benzene rings is 2. The summed E-state index contributed by atoms with van der Waals surface area (Å²) in [5.41, 5.74) is 1.99. The number of hydrogen-bond donors (Lipinski definition) is 1. The van der Waals surface area contributed by atoms with Gasteiger partial charge in [0.1, 0.15) is 5.75 Å². The molecule has 0 saturated heterocycles. The summed E-state index contributed by atoms with van der Waals surface area (Å²) in [5.74, 6) is 2.45. The van der Waals surface area contributed by atoms with Crippen LogP contribution in [0.15, 0.2) is 40.9 Å². The Balaban J connectivity index is 1.83. The smallest absolute Gasteiger partial charge is 0.258 e. The van der Waals surface area contributed by atoms with Crippen LogP contribution in [0.25, 0.3) is 0 Å². The third-order valence-corrected chi connectivity index (χ3v) is 5.06. The lowest BCUT2D eigenvalue weighted by atomic mass is 10.1. The van der Waals surface area contributed by atoms with Crippen LogP contribution in [0.5, 0.6) is 17.2 Å². The highest BCUT2D eigenvalue weighted by Gasteiger charge is 2.08. The highest BCUT2D eigenvalue weighted by Crippen LogP contribution is 2.28. The minimum Gasteiger partial charge on any atom is -0.493 e. The van der Waals surface area contributed by atoms with E-state index < -0.39 is 0 Å². The zero-order valence-electron chi connectivity index (χ0n) is 16.9. The lowest BCUT2D eigenvalue weighted by molar-refractivity contribution is -0.123. The molecule has 0 saturated carbocycles. The molecule has 5 nitrogen and oxygen atoms in total. The van der Waals surface area contributed by atoms with Gasteiger partial charge in [0.05, 0.1) is 13.7 Å². The van der Waals surface area contributed by atoms with Gasteiger partial charge in [0.15, 0.2) is 18.1 Å². The first-order valence-electron chi connectivity index (χ1n) is 9.34. The van der Waals surface area contributed by atoms with Crippen molar-refractivity contribution in [2.75, 3.05) is 20.3 Å². The summed E-state index contributed by atoms with van der Waals surface area (Å²) in [6.45, 7) is 7.30. The highest BCUT2D eigenvalue weighted by atomic mass is 79.9. The topological polar surface area (TPSA) is 56.8 Å². The molecule has 0 unspecified atom stereocenters. The van der Waals surface area contributed by atoms with Crippen molar-refractivity contribution < 1.29 is 19.0 Å². The molecule has 28 heavy (non-hydrogen) atoms. The number of methoxy groups -OCH3 is 1. The molecule has 2 aromatic rings. The van der Waals surface area contributed by atoms with Gasteiger partial charge in [-0.2, -0.15) is 0 Å². The van der Waals surface area contributed by atoms with E-state index in [0.29, 0.717) is 36.3 Å². The second kappa shape index (κ2) is 11.0. The fourth-order valence-corrected chi connectivity index (χ4v) is 2.70. The maximum atomic E-state index is 12.1. The van der Waals surface area contributed by atoms with Crippen molar-refractivity contribution in [2.45, 2.75) is 33.7 Å². The van der Waals surface area contributed by atoms with Crippen LogP contribution in [0, 0.1) is 12.8 Å². The number of amides is 1. The molecule has 0 fully saturated rings. The molecule has 152 valence electrons. The summed E-state index contributed by atoms with van der Waals surface area (Å²) in [6, 6.07) is 11.3. The summed E-state index contributed by atoms with van der Waals surface area (Å²) < 4.78 is 17.8. The predicted molar refractivity (Wildman–Crippen MR) is 114 cm³/mol. The lowest BCUT2D eigenvalue weighted by Gasteiger charge is -2.13. The Bertz CT molecular complexity index is 792. The van der Waals surface area contributed by atoms with Crippen molar-refractivity contribution in [3.63, 3.8) is 0 Å². The Morgan fingerprint density at radius 3 is 2.57 bits per heavy atom. The summed E-state index contributed by atoms with van der Waals surface area (Å²) in [5, 5.41) is 2.85. The van der Waals surface area contributed by atoms with Crippen molar-refractivity contribution in [1.29, 1.82) is 0 Å². The number of hydrogen-bond acceptors (Lipinski definition) is 4. The van der Waals surface area contributed by atoms with E-state index in [9.17, 15) is 4.79 Å². The van der Waals surface area contributed by atoms with Crippen molar-refractivity contribution in [1.82, 2.24) is 5.32 Å². The summed E-state index contributed by atoms with van der Waals surface area (Å²) >= 11 is 3.44. The Hall–Kier alpha value is -2.21. The molecule has 0 aliphatic carbocycles. The average Bonchev–Trinajstić information content (AvgIpc) is 2.67. The molecule has 6 heteroatoms. The lowest BCUT2D eigenvalue weighted by Crippen LogP contribution is -2.28. The molecular weight excluding hydrogens is 422 g/mol. The minimum atomic E-state index is -0.184. The fraction of sp³-hybridized carbons (Fsp3) is 0.409. The van der Waals surface area contributed by atoms with Crippen LogP contribution in [-0.4, -0.2) is 26.2 Å². The monoisotopic (exact) mass is 449 g/mol. The first kappa shape index (κ1) is 22.1. The molecule has 2 rings (SSSR count). The first-order chi connectivity index (χ1) is 13.4. The van der Waals surface area contributed by atoms with Gasteiger partial charge in [-0.3, -0.25) is 4.79 Å². The number of carbonyl (C=O) groups is 1. The van der Waals surface area contributed by atoms with Gasteiger partial charge in [-0.15, -0.1) is 0 Å². The molecule has 2 aromatic carbocycles. The number of aryl methyl sites for hydroxylation is 1. The van der Waals surface area contributed by atoms with E-state index >= 15 is 0 Å². The molecule has 0 bridgehead atoms. The second-order valence-electron chi connectivity index (χ2n) is 6.99. The molecule has 0 atom stereocenters. The van der Waals surface area contributed by atoms with Crippen LogP contribution >= 0.6 is 15.9 Å². The van der Waals surface area contributed by atoms with Crippen LogP contribution in [0.1, 0.15) is 31.4 Å². The van der Waals surface area contributed by atoms with Crippen molar-refractivity contribution in [3.8, 4) is 17.2 Å². The molecule has 0 aromatic heterocycles. The van der Waals surface area contributed by atoms with Crippen molar-refractivity contribution in [3.05, 3.63) is 52.0 Å². The number of halogens is 1. The van der Waals surface area contributed by atoms with Gasteiger partial charge in [0.25, 0.3) is 5.91 Å². The van der Waals surface area contributed by atoms with Gasteiger partial charge >= 0.3 is 0 Å². The van der Waals surface area contributed by atoms with E-state index in [0.717, 1.165) is 22.0 Å². The maximum absolute atomic E-state index is 12.1. The Labute approximate surface area is 175 Å². The van der Waals surface area contributed by atoms with Gasteiger partial charge < -0.3 is 19.5 Å². The van der Waals surface area contributed by atoms with Crippen LogP contribution < -0.4 is 19.5 Å². The number of rotatable bonds is 10. The van der Waals surface area contributed by atoms with Crippen LogP contribution in [0.4, 0.5) is 0 Å². The number of ether oxygens (including phenoxy) is 3. The zero-order valence-corrected chi connectivity index (χ0v) is 18.5. The molecule has 0 aliphatic heterocycles. The molecule has 1 amide bonds. The minimum absolute atomic E-state index is 0.0331. The van der Waals surface area contributed by atoms with E-state index in [1.807, 2.05) is 43.3 Å². The van der Waals surface area contributed by atoms with Crippen LogP contribution in [0.3, 0.4) is 0 Å². The van der Waals surface area contributed by atoms with Gasteiger partial charge in [-0.05, 0) is 60.7 Å². The summed E-state index contributed by atoms with van der Waals surface area (Å²) in [4.78, 5) is 12.1. The molecule has 0 spiro atoms. The Kier molecular flexibility index (Phi) is 8.64. The van der Waals surface area contributed by atoms with E-state index in [-0.39, 0.29) is 12.5 Å². The van der Waals surface area contributed by atoms with Gasteiger partial charge in [0, 0.05) is 11.0 Å². The van der Waals surface area contributed by atoms with Gasteiger partial charge in [-0.25, -0.2) is 0 Å². The third-order valence-electron chi connectivity index (χ3n) is 4.17. The summed E-state index contributed by atoms with van der Waals surface area (Å²) in [6.07, 6.45) is 0.985. The Morgan fingerprint density at radius 1 is 1.11 bits per heavy atom. The van der Waals surface area contributed by atoms with Crippen LogP contribution in [0.2, 0.25) is 0 Å². The Morgan fingerprint density at radius 2 is 1.89 bits per heavy atom. The van der Waals surface area contributed by atoms with Crippen LogP contribution in [-0.2, 0) is 11.3 Å². The van der Waals surface area contributed by atoms with Crippen molar-refractivity contribution >= 4 is 21.8 Å². The van der Waals surface area contributed by atoms with E-state index in [1.165, 1.54) is 0 Å². The van der Waals surface area contributed by atoms with E-state index in [2.05, 4.69) is 35.1 Å². The molecule has 0 heterocycles. The first-order valence-corrected chi connectivity index (χ1v) is 10.1. The standard InChI is InChI=1S/C22H28BrNO4/c1-15(2)9-10-27-20-8-5-17(12-21(20)26-4)13-24-22(25)14-28-18-6-7-19(23)16(3)11-18/h5-8,11-12,15H,9-10,13-14H2,1-4H3,(H,24,25). The fourth-order valence-electron chi connectivity index (χ4n) is 2.45. The highest BCUT2D eigenvalue weighted by molar-refractivity contribution is 9.10. The zero-order chi connectivity index (χ0) is 20.5. The molecular formula is C22H28BrNO4. The molecule has 0 aliphatic rings. The number of carbonyl (C=O) groups excluding carboxylic acids is 1. The van der Waals surface area contributed by atoms with E-state index in [4.69, 9.17) is 14.2 Å². The quantitative estimate of drug-likeness (QED) is 0.560. The summed E-state index contributed by atoms with van der Waals surface area (Å²) in [7, 11) is 1.61. The maximum Gasteiger partial charge on any atom is 0.258 e. The van der Waals surface area contributed by atoms with Gasteiger partial charge in [-0.1, -0.05) is 35.8 Å². The van der Waals surface area contributed by atoms with Crippen molar-refractivity contribution in [2.24, 2.45) is 5.92 Å². The third kappa shape index (κ3) is 7.08. The van der Waals surface area contributed by atoms with E-state index in [1.54, 1.807) is 7.11 Å². The number of nitrogens with one attached hydrogen (secondary N) is 1. The predicted octanol–water partition coefficient (Wildman–Crippen LogP) is 4.89. The molecule has 1 N–H and O–H groups in total. The molecule has 0 radical (unpaired) electrons. The largest absolute Gasteiger partial charge is 0.493 e. The SMILES string of the molecule is COc1cc(CNC(=O)COc2ccc(Br)c(C)c2)ccc1OCCC(C)C. The van der Waals surface area contributed by atoms with Gasteiger partial charge in [0.2, 0.25) is 0 Å². The average molecular weight is 450 g/mol. The normalized spacial score (nSPS) is 10.6. The second-order valence-corrected chi connectivity index (χ2v) is 7.85.